The van der Waals surface area contributed by atoms with E-state index in [4.69, 9.17) is 17.3 Å². The van der Waals surface area contributed by atoms with Crippen LogP contribution < -0.4 is 0 Å². The molecule has 0 atom stereocenters. The summed E-state index contributed by atoms with van der Waals surface area (Å²) < 4.78 is 0.296. The lowest BCUT2D eigenvalue weighted by molar-refractivity contribution is -0.140. The van der Waals surface area contributed by atoms with E-state index in [2.05, 4.69) is 4.90 Å². The Balaban J connectivity index is 2.12. The van der Waals surface area contributed by atoms with Crippen molar-refractivity contribution >= 4 is 51.9 Å². The second-order valence-electron chi connectivity index (χ2n) is 3.96. The Morgan fingerprint density at radius 3 is 2.84 bits per heavy atom. The number of aliphatic carboxylic acids is 1. The first-order valence-corrected chi connectivity index (χ1v) is 7.71. The van der Waals surface area contributed by atoms with Gasteiger partial charge in [0.15, 0.2) is 0 Å². The number of carbonyl (C=O) groups is 2. The fraction of sp³-hybridized carbons (Fsp3) is 0.364. The monoisotopic (exact) mass is 316 g/mol. The maximum absolute atomic E-state index is 12.0. The number of carboxylic acids is 1. The van der Waals surface area contributed by atoms with Gasteiger partial charge in [-0.15, -0.1) is 11.8 Å². The maximum Gasteiger partial charge on any atom is 0.323 e. The van der Waals surface area contributed by atoms with E-state index in [0.717, 1.165) is 34.0 Å². The number of thioether (sulfide) groups is 2. The molecule has 19 heavy (non-hydrogen) atoms. The van der Waals surface area contributed by atoms with E-state index in [-0.39, 0.29) is 12.5 Å². The summed E-state index contributed by atoms with van der Waals surface area (Å²) in [5, 5.41) is 9.83. The molecular formula is C11H12N2O3S3. The Bertz CT molecular complexity index is 501. The van der Waals surface area contributed by atoms with Gasteiger partial charge in [-0.2, -0.15) is 0 Å². The number of hydrogen-bond acceptors (Lipinski definition) is 6. The number of rotatable bonds is 3. The van der Waals surface area contributed by atoms with Crippen LogP contribution in [0.15, 0.2) is 22.1 Å². The molecule has 102 valence electrons. The summed E-state index contributed by atoms with van der Waals surface area (Å²) in [5.74, 6) is -0.363. The lowest BCUT2D eigenvalue weighted by atomic mass is 10.4. The minimum atomic E-state index is -1.07. The van der Waals surface area contributed by atoms with Gasteiger partial charge in [0.05, 0.1) is 9.93 Å². The van der Waals surface area contributed by atoms with Gasteiger partial charge in [0.25, 0.3) is 5.91 Å². The molecule has 0 aromatic carbocycles. The van der Waals surface area contributed by atoms with Crippen LogP contribution in [0, 0.1) is 0 Å². The summed E-state index contributed by atoms with van der Waals surface area (Å²) >= 11 is 7.88. The van der Waals surface area contributed by atoms with Crippen LogP contribution in [0.4, 0.5) is 0 Å². The van der Waals surface area contributed by atoms with Crippen molar-refractivity contribution in [2.75, 3.05) is 25.9 Å². The number of amides is 1. The van der Waals surface area contributed by atoms with Gasteiger partial charge in [-0.25, -0.2) is 0 Å². The van der Waals surface area contributed by atoms with Gasteiger partial charge in [0.2, 0.25) is 0 Å². The van der Waals surface area contributed by atoms with Crippen molar-refractivity contribution in [3.05, 3.63) is 22.1 Å². The molecule has 1 N–H and O–H groups in total. The van der Waals surface area contributed by atoms with Crippen LogP contribution in [-0.2, 0) is 9.59 Å². The number of thiocarbonyl (C=S) groups is 1. The molecule has 0 aromatic heterocycles. The first kappa shape index (κ1) is 14.4. The summed E-state index contributed by atoms with van der Waals surface area (Å²) in [6.07, 6.45) is 3.59. The van der Waals surface area contributed by atoms with Crippen LogP contribution in [0.25, 0.3) is 0 Å². The molecule has 1 amide bonds. The topological polar surface area (TPSA) is 60.9 Å². The molecule has 8 heteroatoms. The van der Waals surface area contributed by atoms with Crippen molar-refractivity contribution in [2.45, 2.75) is 0 Å². The average Bonchev–Trinajstić information content (AvgIpc) is 2.85. The van der Waals surface area contributed by atoms with E-state index in [1.807, 2.05) is 13.1 Å². The first-order valence-electron chi connectivity index (χ1n) is 5.50. The zero-order valence-electron chi connectivity index (χ0n) is 10.2. The lowest BCUT2D eigenvalue weighted by Crippen LogP contribution is -2.33. The molecule has 0 bridgehead atoms. The van der Waals surface area contributed by atoms with Crippen LogP contribution in [-0.4, -0.2) is 57.0 Å². The Labute approximate surface area is 124 Å². The molecule has 2 aliphatic rings. The third-order valence-electron chi connectivity index (χ3n) is 2.60. The molecule has 2 saturated heterocycles. The Morgan fingerprint density at radius 2 is 2.26 bits per heavy atom. The lowest BCUT2D eigenvalue weighted by Gasteiger charge is -2.10. The van der Waals surface area contributed by atoms with E-state index in [0.29, 0.717) is 9.23 Å². The van der Waals surface area contributed by atoms with Crippen LogP contribution >= 0.6 is 35.7 Å². The summed E-state index contributed by atoms with van der Waals surface area (Å²) in [4.78, 5) is 26.3. The van der Waals surface area contributed by atoms with Gasteiger partial charge < -0.3 is 10.0 Å². The smallest absolute Gasteiger partial charge is 0.323 e. The van der Waals surface area contributed by atoms with Crippen molar-refractivity contribution in [3.63, 3.8) is 0 Å². The minimum Gasteiger partial charge on any atom is -0.480 e. The Hall–Kier alpha value is -0.990. The predicted octanol–water partition coefficient (Wildman–Crippen LogP) is 1.34. The second kappa shape index (κ2) is 5.98. The summed E-state index contributed by atoms with van der Waals surface area (Å²) in [6.45, 7) is 0.609. The zero-order chi connectivity index (χ0) is 14.0. The average molecular weight is 316 g/mol. The highest BCUT2D eigenvalue weighted by molar-refractivity contribution is 8.26. The highest BCUT2D eigenvalue weighted by Gasteiger charge is 2.33. The molecule has 5 nitrogen and oxygen atoms in total. The largest absolute Gasteiger partial charge is 0.480 e. The van der Waals surface area contributed by atoms with Crippen molar-refractivity contribution in [1.29, 1.82) is 0 Å². The van der Waals surface area contributed by atoms with Gasteiger partial charge in [0.1, 0.15) is 10.9 Å². The molecule has 0 saturated carbocycles. The van der Waals surface area contributed by atoms with Crippen LogP contribution in [0.3, 0.4) is 0 Å². The number of nitrogens with zero attached hydrogens (tertiary/aromatic N) is 2. The van der Waals surface area contributed by atoms with E-state index in [1.54, 1.807) is 17.8 Å². The van der Waals surface area contributed by atoms with Crippen molar-refractivity contribution in [1.82, 2.24) is 9.80 Å². The third-order valence-corrected chi connectivity index (χ3v) is 5.12. The summed E-state index contributed by atoms with van der Waals surface area (Å²) in [6, 6.07) is 0. The van der Waals surface area contributed by atoms with Gasteiger partial charge in [-0.1, -0.05) is 24.0 Å². The van der Waals surface area contributed by atoms with Gasteiger partial charge in [-0.3, -0.25) is 14.5 Å². The standard InChI is InChI=1S/C11H12N2O3S3/c1-12-4-5-18-8(12)3-2-7-10(16)13(6-9(14)15)11(17)19-7/h2-3H,4-6H2,1H3,(H,14,15). The molecule has 0 radical (unpaired) electrons. The third kappa shape index (κ3) is 3.31. The van der Waals surface area contributed by atoms with E-state index in [1.165, 1.54) is 0 Å². The normalized spacial score (nSPS) is 24.1. The van der Waals surface area contributed by atoms with E-state index < -0.39 is 5.97 Å². The van der Waals surface area contributed by atoms with Crippen molar-refractivity contribution in [3.8, 4) is 0 Å². The Kier molecular flexibility index (Phi) is 4.54. The zero-order valence-corrected chi connectivity index (χ0v) is 12.6. The number of allylic oxidation sites excluding steroid dienone is 2. The molecule has 2 fully saturated rings. The maximum atomic E-state index is 12.0. The van der Waals surface area contributed by atoms with Crippen LogP contribution in [0.2, 0.25) is 0 Å². The highest BCUT2D eigenvalue weighted by atomic mass is 32.2. The van der Waals surface area contributed by atoms with Gasteiger partial charge in [0, 0.05) is 19.3 Å². The van der Waals surface area contributed by atoms with Gasteiger partial charge in [-0.05, 0) is 12.2 Å². The quantitative estimate of drug-likeness (QED) is 0.622. The molecule has 0 unspecified atom stereocenters. The molecule has 0 aromatic rings. The second-order valence-corrected chi connectivity index (χ2v) is 6.75. The molecule has 2 heterocycles. The molecule has 2 rings (SSSR count). The molecule has 0 spiro atoms. The molecule has 2 aliphatic heterocycles. The fourth-order valence-corrected chi connectivity index (χ4v) is 3.86. The SMILES string of the molecule is CN1CCSC1=CC=C1SC(=S)N(CC(=O)O)C1=O. The summed E-state index contributed by atoms with van der Waals surface area (Å²) in [7, 11) is 2.00. The first-order chi connectivity index (χ1) is 8.99. The number of carbonyl (C=O) groups excluding carboxylic acids is 1. The number of carboxylic acid groups (broad SMARTS) is 1. The van der Waals surface area contributed by atoms with Gasteiger partial charge >= 0.3 is 5.97 Å². The molecule has 0 aliphatic carbocycles. The van der Waals surface area contributed by atoms with E-state index in [9.17, 15) is 9.59 Å². The highest BCUT2D eigenvalue weighted by Crippen LogP contribution is 2.32. The van der Waals surface area contributed by atoms with Crippen LogP contribution in [0.5, 0.6) is 0 Å². The summed E-state index contributed by atoms with van der Waals surface area (Å²) in [5.41, 5.74) is 0. The molecular weight excluding hydrogens is 304 g/mol. The fourth-order valence-electron chi connectivity index (χ4n) is 1.62. The predicted molar refractivity (Wildman–Crippen MR) is 80.8 cm³/mol. The van der Waals surface area contributed by atoms with Crippen molar-refractivity contribution < 1.29 is 14.7 Å². The van der Waals surface area contributed by atoms with Crippen molar-refractivity contribution in [2.24, 2.45) is 0 Å². The Morgan fingerprint density at radius 1 is 1.53 bits per heavy atom. The van der Waals surface area contributed by atoms with E-state index >= 15 is 0 Å². The van der Waals surface area contributed by atoms with Crippen LogP contribution in [0.1, 0.15) is 0 Å². The minimum absolute atomic E-state index is 0.296. The number of hydrogen-bond donors (Lipinski definition) is 1.